The number of hydrogen-bond donors (Lipinski definition) is 2. The maximum Gasteiger partial charge on any atom is 0.102 e. The Morgan fingerprint density at radius 2 is 2.39 bits per heavy atom. The zero-order chi connectivity index (χ0) is 13.1. The predicted octanol–water partition coefficient (Wildman–Crippen LogP) is 1.77. The van der Waals surface area contributed by atoms with E-state index in [4.69, 9.17) is 5.84 Å². The van der Waals surface area contributed by atoms with E-state index in [2.05, 4.69) is 43.0 Å². The lowest BCUT2D eigenvalue weighted by molar-refractivity contribution is 0.522. The third-order valence-corrected chi connectivity index (χ3v) is 4.16. The second kappa shape index (κ2) is 5.87. The molecule has 3 N–H and O–H groups in total. The zero-order valence-electron chi connectivity index (χ0n) is 10.2. The van der Waals surface area contributed by atoms with Gasteiger partial charge in [-0.2, -0.15) is 5.10 Å². The van der Waals surface area contributed by atoms with Crippen molar-refractivity contribution in [1.82, 2.24) is 24.8 Å². The molecule has 1 unspecified atom stereocenters. The molecule has 0 saturated heterocycles. The third kappa shape index (κ3) is 2.46. The first-order valence-corrected chi connectivity index (χ1v) is 7.21. The fourth-order valence-electron chi connectivity index (χ4n) is 1.83. The molecule has 2 rings (SSSR count). The van der Waals surface area contributed by atoms with Crippen LogP contribution in [0.3, 0.4) is 0 Å². The van der Waals surface area contributed by atoms with Crippen LogP contribution in [-0.4, -0.2) is 19.4 Å². The van der Waals surface area contributed by atoms with Gasteiger partial charge in [0.15, 0.2) is 0 Å². The number of nitrogens with two attached hydrogens (primary N) is 1. The van der Waals surface area contributed by atoms with Crippen LogP contribution in [-0.2, 0) is 6.54 Å². The molecule has 0 aromatic carbocycles. The first-order chi connectivity index (χ1) is 8.69. The number of aryl methyl sites for hydroxylation is 2. The van der Waals surface area contributed by atoms with Gasteiger partial charge in [0.25, 0.3) is 0 Å². The number of rotatable bonds is 5. The van der Waals surface area contributed by atoms with Crippen LogP contribution in [0.4, 0.5) is 0 Å². The van der Waals surface area contributed by atoms with Crippen molar-refractivity contribution in [2.45, 2.75) is 32.9 Å². The highest BCUT2D eigenvalue weighted by molar-refractivity contribution is 9.10. The minimum atomic E-state index is -0.145. The standard InChI is InChI=1S/C10H15BrN6S/c1-3-4-17-9(7(11)5-13-17)8(14-12)10-6(2)15-16-18-10/h5,8,14H,3-4,12H2,1-2H3. The zero-order valence-corrected chi connectivity index (χ0v) is 12.6. The summed E-state index contributed by atoms with van der Waals surface area (Å²) in [7, 11) is 0. The number of hydrazine groups is 1. The molecule has 0 aliphatic carbocycles. The van der Waals surface area contributed by atoms with E-state index in [1.807, 2.05) is 11.6 Å². The van der Waals surface area contributed by atoms with Crippen LogP contribution in [0.1, 0.15) is 35.7 Å². The summed E-state index contributed by atoms with van der Waals surface area (Å²) in [5.41, 5.74) is 4.72. The lowest BCUT2D eigenvalue weighted by Crippen LogP contribution is -2.31. The summed E-state index contributed by atoms with van der Waals surface area (Å²) in [5.74, 6) is 5.70. The Morgan fingerprint density at radius 3 is 2.94 bits per heavy atom. The summed E-state index contributed by atoms with van der Waals surface area (Å²) in [6, 6.07) is -0.145. The van der Waals surface area contributed by atoms with Crippen LogP contribution in [0.15, 0.2) is 10.7 Å². The first kappa shape index (κ1) is 13.6. The summed E-state index contributed by atoms with van der Waals surface area (Å²) < 4.78 is 6.85. The number of aromatic nitrogens is 4. The minimum absolute atomic E-state index is 0.145. The molecule has 2 aromatic heterocycles. The van der Waals surface area contributed by atoms with Crippen molar-refractivity contribution in [3.05, 3.63) is 26.9 Å². The molecule has 0 aliphatic rings. The van der Waals surface area contributed by atoms with Gasteiger partial charge in [0.2, 0.25) is 0 Å². The molecule has 0 bridgehead atoms. The van der Waals surface area contributed by atoms with Gasteiger partial charge < -0.3 is 0 Å². The summed E-state index contributed by atoms with van der Waals surface area (Å²) >= 11 is 4.87. The molecule has 98 valence electrons. The third-order valence-electron chi connectivity index (χ3n) is 2.66. The quantitative estimate of drug-likeness (QED) is 0.645. The fourth-order valence-corrected chi connectivity index (χ4v) is 3.06. The number of nitrogens with zero attached hydrogens (tertiary/aromatic N) is 4. The molecule has 0 aliphatic heterocycles. The molecule has 2 aromatic rings. The second-order valence-corrected chi connectivity index (χ2v) is 5.56. The maximum absolute atomic E-state index is 5.70. The fraction of sp³-hybridized carbons (Fsp3) is 0.500. The molecule has 6 nitrogen and oxygen atoms in total. The van der Waals surface area contributed by atoms with Crippen LogP contribution < -0.4 is 11.3 Å². The Balaban J connectivity index is 2.45. The van der Waals surface area contributed by atoms with E-state index in [0.717, 1.165) is 33.7 Å². The van der Waals surface area contributed by atoms with Gasteiger partial charge in [0.05, 0.1) is 26.9 Å². The highest BCUT2D eigenvalue weighted by Gasteiger charge is 2.24. The van der Waals surface area contributed by atoms with Crippen molar-refractivity contribution in [3.63, 3.8) is 0 Å². The van der Waals surface area contributed by atoms with Gasteiger partial charge >= 0.3 is 0 Å². The van der Waals surface area contributed by atoms with E-state index in [0.29, 0.717) is 0 Å². The van der Waals surface area contributed by atoms with E-state index in [1.54, 1.807) is 6.20 Å². The van der Waals surface area contributed by atoms with E-state index in [9.17, 15) is 0 Å². The van der Waals surface area contributed by atoms with Gasteiger partial charge in [-0.05, 0) is 40.8 Å². The number of hydrogen-bond acceptors (Lipinski definition) is 6. The molecule has 0 amide bonds. The highest BCUT2D eigenvalue weighted by atomic mass is 79.9. The first-order valence-electron chi connectivity index (χ1n) is 5.65. The number of halogens is 1. The molecule has 2 heterocycles. The molecule has 0 radical (unpaired) electrons. The Hall–Kier alpha value is -0.830. The number of nitrogens with one attached hydrogen (secondary N) is 1. The van der Waals surface area contributed by atoms with Gasteiger partial charge in [0, 0.05) is 6.54 Å². The Labute approximate surface area is 118 Å². The van der Waals surface area contributed by atoms with Gasteiger partial charge in [-0.15, -0.1) is 5.10 Å². The van der Waals surface area contributed by atoms with Crippen molar-refractivity contribution in [1.29, 1.82) is 0 Å². The molecular weight excluding hydrogens is 316 g/mol. The average molecular weight is 331 g/mol. The van der Waals surface area contributed by atoms with E-state index >= 15 is 0 Å². The van der Waals surface area contributed by atoms with E-state index in [-0.39, 0.29) is 6.04 Å². The van der Waals surface area contributed by atoms with Crippen molar-refractivity contribution in [3.8, 4) is 0 Å². The van der Waals surface area contributed by atoms with Gasteiger partial charge in [-0.1, -0.05) is 11.4 Å². The Bertz CT molecular complexity index is 522. The molecule has 0 spiro atoms. The average Bonchev–Trinajstić information content (AvgIpc) is 2.91. The Morgan fingerprint density at radius 1 is 1.61 bits per heavy atom. The largest absolute Gasteiger partial charge is 0.270 e. The van der Waals surface area contributed by atoms with Crippen molar-refractivity contribution in [2.24, 2.45) is 5.84 Å². The van der Waals surface area contributed by atoms with Crippen LogP contribution in [0.2, 0.25) is 0 Å². The van der Waals surface area contributed by atoms with Crippen molar-refractivity contribution in [2.75, 3.05) is 0 Å². The Kier molecular flexibility index (Phi) is 4.44. The summed E-state index contributed by atoms with van der Waals surface area (Å²) in [4.78, 5) is 1.01. The van der Waals surface area contributed by atoms with Gasteiger partial charge in [-0.3, -0.25) is 10.5 Å². The van der Waals surface area contributed by atoms with E-state index < -0.39 is 0 Å². The molecule has 1 atom stereocenters. The molecule has 18 heavy (non-hydrogen) atoms. The van der Waals surface area contributed by atoms with E-state index in [1.165, 1.54) is 11.5 Å². The molecule has 8 heteroatoms. The SMILES string of the molecule is CCCn1ncc(Br)c1C(NN)c1snnc1C. The molecule has 0 saturated carbocycles. The lowest BCUT2D eigenvalue weighted by atomic mass is 10.1. The van der Waals surface area contributed by atoms with Gasteiger partial charge in [0.1, 0.15) is 6.04 Å². The normalized spacial score (nSPS) is 12.9. The lowest BCUT2D eigenvalue weighted by Gasteiger charge is -2.17. The molecule has 0 fully saturated rings. The highest BCUT2D eigenvalue weighted by Crippen LogP contribution is 2.31. The summed E-state index contributed by atoms with van der Waals surface area (Å²) in [6.07, 6.45) is 2.80. The minimum Gasteiger partial charge on any atom is -0.270 e. The van der Waals surface area contributed by atoms with Crippen LogP contribution >= 0.6 is 27.5 Å². The van der Waals surface area contributed by atoms with Crippen LogP contribution in [0.5, 0.6) is 0 Å². The summed E-state index contributed by atoms with van der Waals surface area (Å²) in [5, 5.41) is 8.38. The second-order valence-electron chi connectivity index (χ2n) is 3.92. The molecular formula is C10H15BrN6S. The van der Waals surface area contributed by atoms with Crippen LogP contribution in [0.25, 0.3) is 0 Å². The van der Waals surface area contributed by atoms with Crippen molar-refractivity contribution < 1.29 is 0 Å². The smallest absolute Gasteiger partial charge is 0.102 e. The van der Waals surface area contributed by atoms with Crippen LogP contribution in [0, 0.1) is 6.92 Å². The van der Waals surface area contributed by atoms with Gasteiger partial charge in [-0.25, -0.2) is 5.43 Å². The van der Waals surface area contributed by atoms with Crippen molar-refractivity contribution >= 4 is 27.5 Å². The topological polar surface area (TPSA) is 81.7 Å². The maximum atomic E-state index is 5.70. The predicted molar refractivity (Wildman–Crippen MR) is 74.0 cm³/mol. The monoisotopic (exact) mass is 330 g/mol. The summed E-state index contributed by atoms with van der Waals surface area (Å²) in [6.45, 7) is 4.89.